The second kappa shape index (κ2) is 12.7. The third kappa shape index (κ3) is 6.89. The van der Waals surface area contributed by atoms with Crippen molar-refractivity contribution in [1.82, 2.24) is 5.32 Å². The number of hydrogen-bond donors (Lipinski definition) is 3. The topological polar surface area (TPSA) is 110 Å². The first-order chi connectivity index (χ1) is 20.3. The SMILES string of the molecule is CN(C(=O)c1cc([C@@H](NC(=O)C(C)(C)C)c2cc(Br)c(O)c(C(=O)N(C)c3ccccc3)c2)ccc1O)c1ccccc1. The van der Waals surface area contributed by atoms with Crippen LogP contribution in [0.4, 0.5) is 11.4 Å². The molecule has 4 aromatic rings. The van der Waals surface area contributed by atoms with Crippen LogP contribution < -0.4 is 15.1 Å². The Morgan fingerprint density at radius 1 is 0.721 bits per heavy atom. The van der Waals surface area contributed by atoms with E-state index in [1.54, 1.807) is 71.3 Å². The number of halogens is 1. The number of phenolic OH excluding ortho intramolecular Hbond substituents is 2. The van der Waals surface area contributed by atoms with Crippen LogP contribution in [0.25, 0.3) is 0 Å². The number of aromatic hydroxyl groups is 2. The van der Waals surface area contributed by atoms with Gasteiger partial charge in [-0.15, -0.1) is 0 Å². The number of benzene rings is 4. The predicted octanol–water partition coefficient (Wildman–Crippen LogP) is 6.67. The van der Waals surface area contributed by atoms with Crippen molar-refractivity contribution in [2.75, 3.05) is 23.9 Å². The van der Waals surface area contributed by atoms with Gasteiger partial charge in [-0.2, -0.15) is 0 Å². The number of phenols is 2. The minimum absolute atomic E-state index is 0.0182. The van der Waals surface area contributed by atoms with E-state index in [9.17, 15) is 24.6 Å². The summed E-state index contributed by atoms with van der Waals surface area (Å²) in [6.07, 6.45) is 0. The van der Waals surface area contributed by atoms with E-state index >= 15 is 0 Å². The predicted molar refractivity (Wildman–Crippen MR) is 172 cm³/mol. The van der Waals surface area contributed by atoms with Gasteiger partial charge < -0.3 is 25.3 Å². The second-order valence-electron chi connectivity index (χ2n) is 11.2. The molecule has 0 aliphatic carbocycles. The fourth-order valence-electron chi connectivity index (χ4n) is 4.46. The summed E-state index contributed by atoms with van der Waals surface area (Å²) in [5.41, 5.74) is 1.54. The molecular formula is C34H34BrN3O5. The fraction of sp³-hybridized carbons (Fsp3) is 0.206. The van der Waals surface area contributed by atoms with Gasteiger partial charge in [0.1, 0.15) is 11.5 Å². The number of hydrogen-bond acceptors (Lipinski definition) is 5. The van der Waals surface area contributed by atoms with Gasteiger partial charge in [0.25, 0.3) is 11.8 Å². The van der Waals surface area contributed by atoms with Gasteiger partial charge in [-0.1, -0.05) is 63.2 Å². The van der Waals surface area contributed by atoms with Gasteiger partial charge in [0.05, 0.1) is 21.6 Å². The number of carbonyl (C=O) groups excluding carboxylic acids is 3. The zero-order chi connectivity index (χ0) is 31.5. The number of carbonyl (C=O) groups is 3. The zero-order valence-electron chi connectivity index (χ0n) is 24.6. The lowest BCUT2D eigenvalue weighted by Crippen LogP contribution is -2.38. The Hall–Kier alpha value is -4.63. The largest absolute Gasteiger partial charge is 0.507 e. The molecule has 0 saturated carbocycles. The molecule has 4 aromatic carbocycles. The van der Waals surface area contributed by atoms with E-state index in [1.807, 2.05) is 36.4 Å². The maximum atomic E-state index is 13.6. The number of nitrogens with zero attached hydrogens (tertiary/aromatic N) is 2. The van der Waals surface area contributed by atoms with Crippen LogP contribution in [-0.4, -0.2) is 42.0 Å². The lowest BCUT2D eigenvalue weighted by molar-refractivity contribution is -0.129. The Morgan fingerprint density at radius 3 is 1.72 bits per heavy atom. The van der Waals surface area contributed by atoms with Gasteiger partial charge in [0.2, 0.25) is 5.91 Å². The standard InChI is InChI=1S/C34H34BrN3O5/c1-34(2,3)33(43)36-29(21-16-17-28(39)25(18-21)31(41)37(4)23-12-8-6-9-13-23)22-19-26(30(40)27(35)20-22)32(42)38(5)24-14-10-7-11-15-24/h6-20,29,39-40H,1-5H3,(H,36,43)/t29-/m1/s1. The molecule has 9 heteroatoms. The Labute approximate surface area is 259 Å². The van der Waals surface area contributed by atoms with E-state index < -0.39 is 23.3 Å². The molecule has 0 aliphatic heterocycles. The van der Waals surface area contributed by atoms with Crippen molar-refractivity contribution in [3.63, 3.8) is 0 Å². The van der Waals surface area contributed by atoms with Crippen LogP contribution in [0.1, 0.15) is 58.7 Å². The van der Waals surface area contributed by atoms with Crippen LogP contribution in [0.5, 0.6) is 11.5 Å². The van der Waals surface area contributed by atoms with Crippen LogP contribution in [-0.2, 0) is 4.79 Å². The van der Waals surface area contributed by atoms with Crippen molar-refractivity contribution in [3.05, 3.63) is 118 Å². The third-order valence-electron chi connectivity index (χ3n) is 7.09. The molecule has 0 saturated heterocycles. The highest BCUT2D eigenvalue weighted by molar-refractivity contribution is 9.10. The summed E-state index contributed by atoms with van der Waals surface area (Å²) in [5.74, 6) is -1.65. The maximum absolute atomic E-state index is 13.6. The highest BCUT2D eigenvalue weighted by Gasteiger charge is 2.29. The van der Waals surface area contributed by atoms with Crippen LogP contribution >= 0.6 is 15.9 Å². The summed E-state index contributed by atoms with van der Waals surface area (Å²) in [6.45, 7) is 5.32. The fourth-order valence-corrected chi connectivity index (χ4v) is 4.94. The van der Waals surface area contributed by atoms with Gasteiger partial charge in [0.15, 0.2) is 0 Å². The summed E-state index contributed by atoms with van der Waals surface area (Å²) in [4.78, 5) is 43.2. The Balaban J connectivity index is 1.82. The van der Waals surface area contributed by atoms with Gasteiger partial charge in [0, 0.05) is 30.9 Å². The first-order valence-electron chi connectivity index (χ1n) is 13.6. The van der Waals surface area contributed by atoms with Crippen molar-refractivity contribution < 1.29 is 24.6 Å². The second-order valence-corrected chi connectivity index (χ2v) is 12.1. The Morgan fingerprint density at radius 2 is 1.21 bits per heavy atom. The minimum Gasteiger partial charge on any atom is -0.507 e. The molecule has 0 unspecified atom stereocenters. The summed E-state index contributed by atoms with van der Waals surface area (Å²) >= 11 is 3.38. The van der Waals surface area contributed by atoms with E-state index in [4.69, 9.17) is 0 Å². The molecule has 8 nitrogen and oxygen atoms in total. The molecule has 1 atom stereocenters. The van der Waals surface area contributed by atoms with Crippen molar-refractivity contribution in [2.45, 2.75) is 26.8 Å². The average molecular weight is 645 g/mol. The van der Waals surface area contributed by atoms with Crippen LogP contribution in [0.2, 0.25) is 0 Å². The van der Waals surface area contributed by atoms with E-state index in [-0.39, 0.29) is 33.0 Å². The Kier molecular flexibility index (Phi) is 9.25. The van der Waals surface area contributed by atoms with Gasteiger partial charge in [-0.05, 0) is 75.6 Å². The first kappa shape index (κ1) is 31.3. The van der Waals surface area contributed by atoms with E-state index in [0.29, 0.717) is 22.5 Å². The van der Waals surface area contributed by atoms with Crippen LogP contribution in [0.3, 0.4) is 0 Å². The smallest absolute Gasteiger partial charge is 0.261 e. The number of nitrogens with one attached hydrogen (secondary N) is 1. The van der Waals surface area contributed by atoms with Crippen LogP contribution in [0, 0.1) is 5.41 Å². The summed E-state index contributed by atoms with van der Waals surface area (Å²) < 4.78 is 0.253. The third-order valence-corrected chi connectivity index (χ3v) is 7.69. The number of rotatable bonds is 7. The normalized spacial score (nSPS) is 11.9. The van der Waals surface area contributed by atoms with E-state index in [2.05, 4.69) is 21.2 Å². The van der Waals surface area contributed by atoms with Crippen molar-refractivity contribution >= 4 is 45.0 Å². The quantitative estimate of drug-likeness (QED) is 0.208. The lowest BCUT2D eigenvalue weighted by Gasteiger charge is -2.27. The average Bonchev–Trinajstić information content (AvgIpc) is 3.00. The van der Waals surface area contributed by atoms with Crippen molar-refractivity contribution in [3.8, 4) is 11.5 Å². The molecule has 3 amide bonds. The van der Waals surface area contributed by atoms with E-state index in [0.717, 1.165) is 0 Å². The molecule has 0 aliphatic rings. The minimum atomic E-state index is -0.841. The van der Waals surface area contributed by atoms with Crippen LogP contribution in [0.15, 0.2) is 95.5 Å². The molecule has 0 radical (unpaired) electrons. The number of para-hydroxylation sites is 2. The molecule has 0 aromatic heterocycles. The summed E-state index contributed by atoms with van der Waals surface area (Å²) in [6, 6.07) is 24.9. The molecule has 0 fully saturated rings. The number of amides is 3. The maximum Gasteiger partial charge on any atom is 0.261 e. The summed E-state index contributed by atoms with van der Waals surface area (Å²) in [5, 5.41) is 24.7. The van der Waals surface area contributed by atoms with Gasteiger partial charge in [-0.25, -0.2) is 0 Å². The summed E-state index contributed by atoms with van der Waals surface area (Å²) in [7, 11) is 3.22. The molecule has 4 rings (SSSR count). The van der Waals surface area contributed by atoms with Gasteiger partial charge in [-0.3, -0.25) is 14.4 Å². The molecule has 222 valence electrons. The zero-order valence-corrected chi connectivity index (χ0v) is 26.2. The van der Waals surface area contributed by atoms with E-state index in [1.165, 1.54) is 28.0 Å². The molecule has 0 bridgehead atoms. The Bertz CT molecular complexity index is 1650. The molecule has 0 spiro atoms. The molecular weight excluding hydrogens is 610 g/mol. The monoisotopic (exact) mass is 643 g/mol. The number of anilines is 2. The first-order valence-corrected chi connectivity index (χ1v) is 14.4. The molecule has 43 heavy (non-hydrogen) atoms. The molecule has 3 N–H and O–H groups in total. The highest BCUT2D eigenvalue weighted by atomic mass is 79.9. The van der Waals surface area contributed by atoms with Crippen molar-refractivity contribution in [2.24, 2.45) is 5.41 Å². The van der Waals surface area contributed by atoms with Gasteiger partial charge >= 0.3 is 0 Å². The van der Waals surface area contributed by atoms with Crippen molar-refractivity contribution in [1.29, 1.82) is 0 Å². The highest BCUT2D eigenvalue weighted by Crippen LogP contribution is 2.36. The molecule has 0 heterocycles. The lowest BCUT2D eigenvalue weighted by atomic mass is 9.91.